The zero-order valence-electron chi connectivity index (χ0n) is 16.4. The minimum Gasteiger partial charge on any atom is -0.496 e. The fraction of sp³-hybridized carbons (Fsp3) is 0.667. The molecule has 0 bridgehead atoms. The lowest BCUT2D eigenvalue weighted by atomic mass is 9.73. The SMILES string of the molecule is COc1ccc(Cl)cc1C1(CNC(=O)C2CC23CCNCC3)CCOCC1.Cl. The van der Waals surface area contributed by atoms with Gasteiger partial charge in [-0.15, -0.1) is 12.4 Å². The van der Waals surface area contributed by atoms with E-state index in [0.717, 1.165) is 56.5 Å². The highest BCUT2D eigenvalue weighted by Crippen LogP contribution is 2.58. The second-order valence-corrected chi connectivity index (χ2v) is 8.76. The molecule has 2 N–H and O–H groups in total. The number of hydrogen-bond acceptors (Lipinski definition) is 4. The summed E-state index contributed by atoms with van der Waals surface area (Å²) in [4.78, 5) is 12.9. The van der Waals surface area contributed by atoms with Crippen LogP contribution in [0.1, 0.15) is 37.7 Å². The maximum atomic E-state index is 12.9. The van der Waals surface area contributed by atoms with E-state index >= 15 is 0 Å². The number of carbonyl (C=O) groups excluding carboxylic acids is 1. The lowest BCUT2D eigenvalue weighted by Crippen LogP contribution is -2.45. The molecule has 1 atom stereocenters. The molecule has 1 amide bonds. The summed E-state index contributed by atoms with van der Waals surface area (Å²) in [6, 6.07) is 5.76. The van der Waals surface area contributed by atoms with Gasteiger partial charge in [0.1, 0.15) is 5.75 Å². The zero-order valence-corrected chi connectivity index (χ0v) is 18.0. The molecule has 2 heterocycles. The van der Waals surface area contributed by atoms with Crippen LogP contribution in [-0.4, -0.2) is 45.9 Å². The number of piperidine rings is 1. The average Bonchev–Trinajstić information content (AvgIpc) is 3.40. The summed E-state index contributed by atoms with van der Waals surface area (Å²) in [7, 11) is 1.68. The molecular formula is C21H30Cl2N2O3. The van der Waals surface area contributed by atoms with E-state index in [0.29, 0.717) is 24.8 Å². The minimum absolute atomic E-state index is 0. The number of carbonyl (C=O) groups is 1. The van der Waals surface area contributed by atoms with Crippen molar-refractivity contribution in [2.45, 2.75) is 37.5 Å². The van der Waals surface area contributed by atoms with Crippen LogP contribution in [0.15, 0.2) is 18.2 Å². The molecule has 1 aliphatic carbocycles. The number of rotatable bonds is 5. The van der Waals surface area contributed by atoms with E-state index in [1.165, 1.54) is 0 Å². The molecule has 7 heteroatoms. The molecule has 0 radical (unpaired) electrons. The Morgan fingerprint density at radius 3 is 2.68 bits per heavy atom. The van der Waals surface area contributed by atoms with Crippen LogP contribution >= 0.6 is 24.0 Å². The predicted octanol–water partition coefficient (Wildman–Crippen LogP) is 3.32. The predicted molar refractivity (Wildman–Crippen MR) is 113 cm³/mol. The Kier molecular flexibility index (Phi) is 6.80. The van der Waals surface area contributed by atoms with Crippen molar-refractivity contribution in [2.24, 2.45) is 11.3 Å². The van der Waals surface area contributed by atoms with Crippen LogP contribution in [-0.2, 0) is 14.9 Å². The molecule has 1 aromatic carbocycles. The van der Waals surface area contributed by atoms with Crippen molar-refractivity contribution in [2.75, 3.05) is 40.0 Å². The van der Waals surface area contributed by atoms with Crippen molar-refractivity contribution in [3.8, 4) is 5.75 Å². The summed E-state index contributed by atoms with van der Waals surface area (Å²) in [5.74, 6) is 1.22. The molecule has 1 spiro atoms. The summed E-state index contributed by atoms with van der Waals surface area (Å²) in [5, 5.41) is 7.37. The fourth-order valence-corrected chi connectivity index (χ4v) is 5.15. The molecule has 3 aliphatic rings. The number of benzene rings is 1. The molecular weight excluding hydrogens is 399 g/mol. The summed E-state index contributed by atoms with van der Waals surface area (Å²) < 4.78 is 11.2. The molecule has 1 saturated carbocycles. The lowest BCUT2D eigenvalue weighted by Gasteiger charge is -2.39. The van der Waals surface area contributed by atoms with Gasteiger partial charge in [0.05, 0.1) is 7.11 Å². The molecule has 1 unspecified atom stereocenters. The van der Waals surface area contributed by atoms with Crippen LogP contribution in [0.25, 0.3) is 0 Å². The Labute approximate surface area is 178 Å². The number of amides is 1. The second-order valence-electron chi connectivity index (χ2n) is 8.32. The van der Waals surface area contributed by atoms with Crippen molar-refractivity contribution in [1.82, 2.24) is 10.6 Å². The van der Waals surface area contributed by atoms with Crippen molar-refractivity contribution in [1.29, 1.82) is 0 Å². The molecule has 2 saturated heterocycles. The Hall–Kier alpha value is -1.01. The van der Waals surface area contributed by atoms with Crippen LogP contribution in [0, 0.1) is 11.3 Å². The third kappa shape index (κ3) is 4.13. The molecule has 2 aliphatic heterocycles. The molecule has 28 heavy (non-hydrogen) atoms. The van der Waals surface area contributed by atoms with Gasteiger partial charge < -0.3 is 20.1 Å². The third-order valence-corrected chi connectivity index (χ3v) is 7.12. The first-order valence-electron chi connectivity index (χ1n) is 9.99. The van der Waals surface area contributed by atoms with Crippen molar-refractivity contribution < 1.29 is 14.3 Å². The molecule has 156 valence electrons. The van der Waals surface area contributed by atoms with Gasteiger partial charge in [-0.25, -0.2) is 0 Å². The van der Waals surface area contributed by atoms with Gasteiger partial charge in [0.2, 0.25) is 5.91 Å². The van der Waals surface area contributed by atoms with Gasteiger partial charge in [-0.2, -0.15) is 0 Å². The van der Waals surface area contributed by atoms with E-state index < -0.39 is 0 Å². The Morgan fingerprint density at radius 1 is 1.29 bits per heavy atom. The van der Waals surface area contributed by atoms with Gasteiger partial charge in [0.25, 0.3) is 0 Å². The molecule has 1 aromatic rings. The van der Waals surface area contributed by atoms with Crippen LogP contribution in [0.5, 0.6) is 5.75 Å². The molecule has 0 aromatic heterocycles. The van der Waals surface area contributed by atoms with Crippen LogP contribution in [0.2, 0.25) is 5.02 Å². The topological polar surface area (TPSA) is 59.6 Å². The van der Waals surface area contributed by atoms with E-state index in [2.05, 4.69) is 10.6 Å². The molecule has 3 fully saturated rings. The monoisotopic (exact) mass is 428 g/mol. The van der Waals surface area contributed by atoms with E-state index in [1.807, 2.05) is 18.2 Å². The Bertz CT molecular complexity index is 701. The normalized spacial score (nSPS) is 24.9. The third-order valence-electron chi connectivity index (χ3n) is 6.89. The van der Waals surface area contributed by atoms with Crippen molar-refractivity contribution in [3.63, 3.8) is 0 Å². The lowest BCUT2D eigenvalue weighted by molar-refractivity contribution is -0.123. The van der Waals surface area contributed by atoms with Crippen LogP contribution < -0.4 is 15.4 Å². The van der Waals surface area contributed by atoms with Crippen molar-refractivity contribution >= 4 is 29.9 Å². The second kappa shape index (κ2) is 8.78. The van der Waals surface area contributed by atoms with E-state index in [4.69, 9.17) is 21.1 Å². The summed E-state index contributed by atoms with van der Waals surface area (Å²) >= 11 is 6.30. The first kappa shape index (κ1) is 21.7. The number of hydrogen-bond donors (Lipinski definition) is 2. The first-order chi connectivity index (χ1) is 13.1. The quantitative estimate of drug-likeness (QED) is 0.754. The van der Waals surface area contributed by atoms with Crippen LogP contribution in [0.4, 0.5) is 0 Å². The highest BCUT2D eigenvalue weighted by molar-refractivity contribution is 6.30. The molecule has 4 rings (SSSR count). The van der Waals surface area contributed by atoms with E-state index in [9.17, 15) is 4.79 Å². The smallest absolute Gasteiger partial charge is 0.223 e. The molecule has 5 nitrogen and oxygen atoms in total. The Balaban J connectivity index is 0.00000225. The standard InChI is InChI=1S/C21H29ClN2O3.ClH/c1-26-18-3-2-15(22)12-16(18)21(6-10-27-11-7-21)14-24-19(25)17-13-20(17)4-8-23-9-5-20;/h2-3,12,17,23H,4-11,13-14H2,1H3,(H,24,25);1H. The average molecular weight is 429 g/mol. The van der Waals surface area contributed by atoms with Gasteiger partial charge in [-0.1, -0.05) is 11.6 Å². The van der Waals surface area contributed by atoms with E-state index in [-0.39, 0.29) is 35.1 Å². The summed E-state index contributed by atoms with van der Waals surface area (Å²) in [6.07, 6.45) is 4.98. The zero-order chi connectivity index (χ0) is 18.9. The van der Waals surface area contributed by atoms with E-state index in [1.54, 1.807) is 7.11 Å². The number of halogens is 2. The van der Waals surface area contributed by atoms with Crippen LogP contribution in [0.3, 0.4) is 0 Å². The number of methoxy groups -OCH3 is 1. The largest absolute Gasteiger partial charge is 0.496 e. The van der Waals surface area contributed by atoms with Gasteiger partial charge >= 0.3 is 0 Å². The van der Waals surface area contributed by atoms with Gasteiger partial charge in [-0.3, -0.25) is 4.79 Å². The summed E-state index contributed by atoms with van der Waals surface area (Å²) in [6.45, 7) is 4.04. The Morgan fingerprint density at radius 2 is 2.00 bits per heavy atom. The number of nitrogens with one attached hydrogen (secondary N) is 2. The highest BCUT2D eigenvalue weighted by atomic mass is 35.5. The van der Waals surface area contributed by atoms with Gasteiger partial charge in [0, 0.05) is 41.7 Å². The maximum absolute atomic E-state index is 12.9. The maximum Gasteiger partial charge on any atom is 0.223 e. The fourth-order valence-electron chi connectivity index (χ4n) is 4.97. The minimum atomic E-state index is -0.194. The summed E-state index contributed by atoms with van der Waals surface area (Å²) in [5.41, 5.74) is 1.14. The number of ether oxygens (including phenoxy) is 2. The first-order valence-corrected chi connectivity index (χ1v) is 10.4. The highest BCUT2D eigenvalue weighted by Gasteiger charge is 2.57. The van der Waals surface area contributed by atoms with Gasteiger partial charge in [-0.05, 0) is 68.8 Å². The van der Waals surface area contributed by atoms with Gasteiger partial charge in [0.15, 0.2) is 0 Å². The van der Waals surface area contributed by atoms with Crippen molar-refractivity contribution in [3.05, 3.63) is 28.8 Å².